The maximum atomic E-state index is 10.6. The summed E-state index contributed by atoms with van der Waals surface area (Å²) in [6.07, 6.45) is 4.76. The second-order valence-corrected chi connectivity index (χ2v) is 4.73. The van der Waals surface area contributed by atoms with Gasteiger partial charge in [-0.05, 0) is 37.3 Å². The number of carbonyl (C=O) groups excluding carboxylic acids is 1. The Morgan fingerprint density at radius 3 is 2.32 bits per heavy atom. The van der Waals surface area contributed by atoms with Gasteiger partial charge in [-0.1, -0.05) is 12.7 Å². The maximum Gasteiger partial charge on any atom is 0.150 e. The van der Waals surface area contributed by atoms with Crippen molar-refractivity contribution >= 4 is 12.0 Å². The number of carbonyl (C=O) groups is 1. The molecule has 0 aliphatic carbocycles. The van der Waals surface area contributed by atoms with Gasteiger partial charge in [0.15, 0.2) is 0 Å². The summed E-state index contributed by atoms with van der Waals surface area (Å²) in [7, 11) is 0. The lowest BCUT2D eigenvalue weighted by atomic mass is 10.2. The number of hydrogen-bond acceptors (Lipinski definition) is 3. The summed E-state index contributed by atoms with van der Waals surface area (Å²) in [4.78, 5) is 15.4. The number of piperazine rings is 1. The van der Waals surface area contributed by atoms with E-state index in [0.717, 1.165) is 38.0 Å². The Bertz CT molecular complexity index is 468. The number of hydrogen-bond donors (Lipinski definition) is 0. The van der Waals surface area contributed by atoms with Crippen LogP contribution >= 0.6 is 0 Å². The molecule has 2 rings (SSSR count). The Kier molecular flexibility index (Phi) is 4.39. The molecule has 19 heavy (non-hydrogen) atoms. The van der Waals surface area contributed by atoms with Crippen LogP contribution in [0.4, 0.5) is 5.69 Å². The third-order valence-corrected chi connectivity index (χ3v) is 3.53. The molecule has 1 aromatic rings. The molecule has 1 saturated heterocycles. The second kappa shape index (κ2) is 6.23. The number of benzene rings is 1. The van der Waals surface area contributed by atoms with Crippen LogP contribution < -0.4 is 4.90 Å². The van der Waals surface area contributed by atoms with Gasteiger partial charge in [0.1, 0.15) is 6.29 Å². The number of aldehydes is 1. The van der Waals surface area contributed by atoms with E-state index in [4.69, 9.17) is 0 Å². The quantitative estimate of drug-likeness (QED) is 0.611. The van der Waals surface area contributed by atoms with Crippen molar-refractivity contribution < 1.29 is 4.79 Å². The molecule has 0 N–H and O–H groups in total. The molecular formula is C16H20N2O. The van der Waals surface area contributed by atoms with Crippen LogP contribution in [0.1, 0.15) is 17.3 Å². The van der Waals surface area contributed by atoms with Crippen molar-refractivity contribution in [3.05, 3.63) is 54.3 Å². The lowest BCUT2D eigenvalue weighted by Crippen LogP contribution is -2.45. The normalized spacial score (nSPS) is 16.4. The molecule has 0 bridgehead atoms. The molecular weight excluding hydrogens is 236 g/mol. The standard InChI is InChI=1S/C16H20N2O/c1-3-4-14(2)17-9-11-18(12-10-17)16-7-5-15(13-19)6-8-16/h3-8,13H,1,9-12H2,2H3/b14-4+. The molecule has 0 saturated carbocycles. The Morgan fingerprint density at radius 2 is 1.79 bits per heavy atom. The molecule has 1 fully saturated rings. The van der Waals surface area contributed by atoms with Gasteiger partial charge in [-0.15, -0.1) is 0 Å². The van der Waals surface area contributed by atoms with Crippen molar-refractivity contribution in [3.63, 3.8) is 0 Å². The van der Waals surface area contributed by atoms with E-state index in [-0.39, 0.29) is 0 Å². The van der Waals surface area contributed by atoms with Gasteiger partial charge < -0.3 is 9.80 Å². The lowest BCUT2D eigenvalue weighted by molar-refractivity contribution is 0.112. The first kappa shape index (κ1) is 13.4. The zero-order chi connectivity index (χ0) is 13.7. The maximum absolute atomic E-state index is 10.6. The van der Waals surface area contributed by atoms with E-state index in [9.17, 15) is 4.79 Å². The SMILES string of the molecule is C=C/C=C(\C)N1CCN(c2ccc(C=O)cc2)CC1. The predicted octanol–water partition coefficient (Wildman–Crippen LogP) is 2.71. The molecule has 1 aliphatic heterocycles. The van der Waals surface area contributed by atoms with Gasteiger partial charge in [-0.2, -0.15) is 0 Å². The highest BCUT2D eigenvalue weighted by atomic mass is 16.1. The molecule has 1 aromatic carbocycles. The molecule has 3 nitrogen and oxygen atoms in total. The largest absolute Gasteiger partial charge is 0.371 e. The first-order valence-electron chi connectivity index (χ1n) is 6.59. The summed E-state index contributed by atoms with van der Waals surface area (Å²) in [5.41, 5.74) is 3.19. The van der Waals surface area contributed by atoms with Gasteiger partial charge in [0.05, 0.1) is 0 Å². The van der Waals surface area contributed by atoms with Crippen LogP contribution in [0.25, 0.3) is 0 Å². The van der Waals surface area contributed by atoms with Crippen molar-refractivity contribution in [2.24, 2.45) is 0 Å². The van der Waals surface area contributed by atoms with E-state index in [0.29, 0.717) is 0 Å². The van der Waals surface area contributed by atoms with Gasteiger partial charge in [0.25, 0.3) is 0 Å². The van der Waals surface area contributed by atoms with E-state index >= 15 is 0 Å². The third-order valence-electron chi connectivity index (χ3n) is 3.53. The monoisotopic (exact) mass is 256 g/mol. The van der Waals surface area contributed by atoms with Gasteiger partial charge >= 0.3 is 0 Å². The molecule has 1 aliphatic rings. The van der Waals surface area contributed by atoms with Crippen molar-refractivity contribution in [1.29, 1.82) is 0 Å². The second-order valence-electron chi connectivity index (χ2n) is 4.73. The highest BCUT2D eigenvalue weighted by molar-refractivity contribution is 5.75. The molecule has 0 unspecified atom stereocenters. The molecule has 0 spiro atoms. The van der Waals surface area contributed by atoms with Crippen LogP contribution in [0, 0.1) is 0 Å². The van der Waals surface area contributed by atoms with E-state index in [2.05, 4.69) is 29.4 Å². The number of nitrogens with zero attached hydrogens (tertiary/aromatic N) is 2. The third kappa shape index (κ3) is 3.25. The Labute approximate surface area is 114 Å². The summed E-state index contributed by atoms with van der Waals surface area (Å²) in [5, 5.41) is 0. The van der Waals surface area contributed by atoms with Crippen molar-refractivity contribution in [2.75, 3.05) is 31.1 Å². The molecule has 0 aromatic heterocycles. The highest BCUT2D eigenvalue weighted by Gasteiger charge is 2.16. The molecule has 3 heteroatoms. The molecule has 100 valence electrons. The fourth-order valence-corrected chi connectivity index (χ4v) is 2.36. The highest BCUT2D eigenvalue weighted by Crippen LogP contribution is 2.18. The number of anilines is 1. The average molecular weight is 256 g/mol. The average Bonchev–Trinajstić information content (AvgIpc) is 2.48. The summed E-state index contributed by atoms with van der Waals surface area (Å²) in [6.45, 7) is 9.90. The van der Waals surface area contributed by atoms with Crippen LogP contribution in [-0.4, -0.2) is 37.4 Å². The zero-order valence-corrected chi connectivity index (χ0v) is 11.4. The van der Waals surface area contributed by atoms with E-state index < -0.39 is 0 Å². The topological polar surface area (TPSA) is 23.6 Å². The van der Waals surface area contributed by atoms with Gasteiger partial charge in [-0.25, -0.2) is 0 Å². The lowest BCUT2D eigenvalue weighted by Gasteiger charge is -2.37. The van der Waals surface area contributed by atoms with Gasteiger partial charge in [0, 0.05) is 43.1 Å². The van der Waals surface area contributed by atoms with Crippen LogP contribution in [0.15, 0.2) is 48.7 Å². The van der Waals surface area contributed by atoms with Crippen LogP contribution in [-0.2, 0) is 0 Å². The van der Waals surface area contributed by atoms with Crippen molar-refractivity contribution in [1.82, 2.24) is 4.90 Å². The summed E-state index contributed by atoms with van der Waals surface area (Å²) in [6, 6.07) is 7.78. The zero-order valence-electron chi connectivity index (χ0n) is 11.4. The summed E-state index contributed by atoms with van der Waals surface area (Å²) >= 11 is 0. The van der Waals surface area contributed by atoms with Crippen LogP contribution in [0.5, 0.6) is 0 Å². The molecule has 0 atom stereocenters. The first-order chi connectivity index (χ1) is 9.24. The minimum Gasteiger partial charge on any atom is -0.371 e. The minimum absolute atomic E-state index is 0.729. The fraction of sp³-hybridized carbons (Fsp3) is 0.312. The Morgan fingerprint density at radius 1 is 1.16 bits per heavy atom. The Balaban J connectivity index is 1.97. The van der Waals surface area contributed by atoms with Crippen molar-refractivity contribution in [3.8, 4) is 0 Å². The minimum atomic E-state index is 0.729. The smallest absolute Gasteiger partial charge is 0.150 e. The number of rotatable bonds is 4. The number of allylic oxidation sites excluding steroid dienone is 3. The molecule has 0 radical (unpaired) electrons. The van der Waals surface area contributed by atoms with Crippen LogP contribution in [0.2, 0.25) is 0 Å². The summed E-state index contributed by atoms with van der Waals surface area (Å²) in [5.74, 6) is 0. The van der Waals surface area contributed by atoms with Gasteiger partial charge in [0.2, 0.25) is 0 Å². The van der Waals surface area contributed by atoms with Crippen LogP contribution in [0.3, 0.4) is 0 Å². The fourth-order valence-electron chi connectivity index (χ4n) is 2.36. The first-order valence-corrected chi connectivity index (χ1v) is 6.59. The molecule has 1 heterocycles. The summed E-state index contributed by atoms with van der Waals surface area (Å²) < 4.78 is 0. The van der Waals surface area contributed by atoms with E-state index in [1.165, 1.54) is 11.4 Å². The van der Waals surface area contributed by atoms with Gasteiger partial charge in [-0.3, -0.25) is 4.79 Å². The predicted molar refractivity (Wildman–Crippen MR) is 79.6 cm³/mol. The molecule has 0 amide bonds. The van der Waals surface area contributed by atoms with E-state index in [1.807, 2.05) is 30.3 Å². The Hall–Kier alpha value is -2.03. The van der Waals surface area contributed by atoms with Crippen molar-refractivity contribution in [2.45, 2.75) is 6.92 Å². The van der Waals surface area contributed by atoms with E-state index in [1.54, 1.807) is 0 Å².